The lowest BCUT2D eigenvalue weighted by Crippen LogP contribution is -2.27. The van der Waals surface area contributed by atoms with Gasteiger partial charge in [-0.15, -0.1) is 22.7 Å². The number of aryl methyl sites for hydroxylation is 1. The van der Waals surface area contributed by atoms with Crippen LogP contribution in [0.5, 0.6) is 5.75 Å². The van der Waals surface area contributed by atoms with Gasteiger partial charge in [-0.2, -0.15) is 0 Å². The molecule has 1 aliphatic carbocycles. The van der Waals surface area contributed by atoms with Crippen molar-refractivity contribution >= 4 is 43.1 Å². The largest absolute Gasteiger partial charge is 0.506 e. The van der Waals surface area contributed by atoms with E-state index >= 15 is 0 Å². The van der Waals surface area contributed by atoms with Crippen molar-refractivity contribution in [3.63, 3.8) is 0 Å². The molecule has 0 saturated carbocycles. The van der Waals surface area contributed by atoms with E-state index in [2.05, 4.69) is 43.3 Å². The number of fused-ring (bicyclic) bond motifs is 4. The quantitative estimate of drug-likeness (QED) is 0.421. The summed E-state index contributed by atoms with van der Waals surface area (Å²) in [6.07, 6.45) is 3.11. The van der Waals surface area contributed by atoms with Crippen molar-refractivity contribution in [3.05, 3.63) is 45.2 Å². The summed E-state index contributed by atoms with van der Waals surface area (Å²) in [6, 6.07) is 5.46. The lowest BCUT2D eigenvalue weighted by Gasteiger charge is -2.35. The zero-order valence-corrected chi connectivity index (χ0v) is 17.8. The Morgan fingerprint density at radius 1 is 1.32 bits per heavy atom. The van der Waals surface area contributed by atoms with Gasteiger partial charge in [-0.1, -0.05) is 26.8 Å². The first-order valence-electron chi connectivity index (χ1n) is 9.57. The zero-order valence-electron chi connectivity index (χ0n) is 16.1. The maximum Gasteiger partial charge on any atom is 0.252 e. The lowest BCUT2D eigenvalue weighted by atomic mass is 9.70. The van der Waals surface area contributed by atoms with Gasteiger partial charge >= 0.3 is 0 Å². The van der Waals surface area contributed by atoms with Gasteiger partial charge in [0.15, 0.2) is 0 Å². The Balaban J connectivity index is 1.90. The van der Waals surface area contributed by atoms with Gasteiger partial charge in [0.1, 0.15) is 10.6 Å². The predicted octanol–water partition coefficient (Wildman–Crippen LogP) is 5.72. The van der Waals surface area contributed by atoms with Crippen molar-refractivity contribution in [2.24, 2.45) is 11.3 Å². The van der Waals surface area contributed by atoms with E-state index in [1.807, 2.05) is 0 Å². The fraction of sp³-hybridized carbons (Fsp3) is 0.364. The predicted molar refractivity (Wildman–Crippen MR) is 118 cm³/mol. The van der Waals surface area contributed by atoms with Crippen LogP contribution in [0.15, 0.2) is 28.4 Å². The molecular weight excluding hydrogens is 388 g/mol. The molecule has 4 aromatic heterocycles. The summed E-state index contributed by atoms with van der Waals surface area (Å²) in [5, 5.41) is 13.4. The van der Waals surface area contributed by atoms with Gasteiger partial charge in [0.05, 0.1) is 10.2 Å². The van der Waals surface area contributed by atoms with Gasteiger partial charge in [-0.25, -0.2) is 4.98 Å². The van der Waals surface area contributed by atoms with Crippen molar-refractivity contribution in [2.75, 3.05) is 0 Å². The third-order valence-corrected chi connectivity index (χ3v) is 7.94. The molecule has 0 amide bonds. The molecule has 0 saturated heterocycles. The molecule has 0 spiro atoms. The number of thiophene rings is 2. The monoisotopic (exact) mass is 410 g/mol. The number of hydrogen-bond donors (Lipinski definition) is 2. The molecule has 4 nitrogen and oxygen atoms in total. The topological polar surface area (TPSA) is 66.0 Å². The number of hydrogen-bond acceptors (Lipinski definition) is 5. The van der Waals surface area contributed by atoms with Crippen molar-refractivity contribution in [2.45, 2.75) is 40.0 Å². The maximum absolute atomic E-state index is 12.1. The van der Waals surface area contributed by atoms with E-state index in [4.69, 9.17) is 4.98 Å². The third kappa shape index (κ3) is 2.70. The minimum absolute atomic E-state index is 0.0319. The molecule has 28 heavy (non-hydrogen) atoms. The van der Waals surface area contributed by atoms with E-state index < -0.39 is 0 Å². The highest BCUT2D eigenvalue weighted by atomic mass is 32.1. The molecule has 4 aromatic rings. The van der Waals surface area contributed by atoms with Gasteiger partial charge in [0, 0.05) is 27.6 Å². The summed E-state index contributed by atoms with van der Waals surface area (Å²) in [6.45, 7) is 6.94. The Labute approximate surface area is 170 Å². The average molecular weight is 411 g/mol. The van der Waals surface area contributed by atoms with Crippen LogP contribution in [0, 0.1) is 11.3 Å². The number of H-pyrrole nitrogens is 1. The Kier molecular flexibility index (Phi) is 3.93. The molecule has 6 heteroatoms. The van der Waals surface area contributed by atoms with Crippen LogP contribution < -0.4 is 5.56 Å². The molecule has 1 aliphatic rings. The van der Waals surface area contributed by atoms with E-state index in [1.54, 1.807) is 11.3 Å². The average Bonchev–Trinajstić information content (AvgIpc) is 3.27. The van der Waals surface area contributed by atoms with Crippen molar-refractivity contribution < 1.29 is 5.11 Å². The van der Waals surface area contributed by atoms with Gasteiger partial charge in [-0.3, -0.25) is 4.79 Å². The molecule has 2 N–H and O–H groups in total. The Morgan fingerprint density at radius 2 is 2.14 bits per heavy atom. The van der Waals surface area contributed by atoms with E-state index in [-0.39, 0.29) is 16.7 Å². The summed E-state index contributed by atoms with van der Waals surface area (Å²) in [5.41, 5.74) is 4.34. The number of aromatic hydroxyl groups is 1. The number of nitrogens with one attached hydrogen (secondary N) is 1. The van der Waals surface area contributed by atoms with Crippen molar-refractivity contribution in [1.29, 1.82) is 0 Å². The molecule has 0 fully saturated rings. The second kappa shape index (κ2) is 6.16. The highest BCUT2D eigenvalue weighted by molar-refractivity contribution is 7.26. The van der Waals surface area contributed by atoms with Crippen LogP contribution >= 0.6 is 22.7 Å². The molecule has 0 radical (unpaired) electrons. The van der Waals surface area contributed by atoms with Crippen LogP contribution in [0.2, 0.25) is 0 Å². The standard InChI is InChI=1S/C22H22N2O2S2/c1-22(2,3)11-6-7-13-12(9-11)17(15-5-4-8-27-15)18-19-20(28-21(18)23-13)14(25)10-16(26)24-19/h4-5,8,10-11H,6-7,9H2,1-3H3,(H2,24,25,26). The summed E-state index contributed by atoms with van der Waals surface area (Å²) in [5.74, 6) is 0.625. The van der Waals surface area contributed by atoms with Crippen LogP contribution in [0.25, 0.3) is 30.9 Å². The summed E-state index contributed by atoms with van der Waals surface area (Å²) < 4.78 is 0.703. The first-order valence-corrected chi connectivity index (χ1v) is 11.3. The number of aromatic nitrogens is 2. The maximum atomic E-state index is 12.1. The van der Waals surface area contributed by atoms with Gasteiger partial charge in [0.2, 0.25) is 0 Å². The number of rotatable bonds is 1. The Morgan fingerprint density at radius 3 is 2.86 bits per heavy atom. The normalized spacial score (nSPS) is 17.3. The smallest absolute Gasteiger partial charge is 0.252 e. The molecular formula is C22H22N2O2S2. The molecule has 0 bridgehead atoms. The second-order valence-electron chi connectivity index (χ2n) is 8.70. The molecule has 1 atom stereocenters. The molecule has 144 valence electrons. The highest BCUT2D eigenvalue weighted by Crippen LogP contribution is 2.47. The van der Waals surface area contributed by atoms with E-state index in [1.165, 1.54) is 39.1 Å². The second-order valence-corrected chi connectivity index (χ2v) is 10.6. The van der Waals surface area contributed by atoms with Gasteiger partial charge in [0.25, 0.3) is 5.56 Å². The van der Waals surface area contributed by atoms with E-state index in [9.17, 15) is 9.90 Å². The fourth-order valence-electron chi connectivity index (χ4n) is 4.38. The number of nitrogens with zero attached hydrogens (tertiary/aromatic N) is 1. The van der Waals surface area contributed by atoms with Crippen molar-refractivity contribution in [1.82, 2.24) is 9.97 Å². The van der Waals surface area contributed by atoms with Crippen LogP contribution in [0.4, 0.5) is 0 Å². The summed E-state index contributed by atoms with van der Waals surface area (Å²) >= 11 is 3.18. The molecule has 1 unspecified atom stereocenters. The van der Waals surface area contributed by atoms with Crippen molar-refractivity contribution in [3.8, 4) is 16.2 Å². The first-order chi connectivity index (χ1) is 13.3. The minimum atomic E-state index is -0.285. The third-order valence-electron chi connectivity index (χ3n) is 5.95. The number of pyridine rings is 2. The first kappa shape index (κ1) is 17.9. The summed E-state index contributed by atoms with van der Waals surface area (Å²) in [4.78, 5) is 22.1. The minimum Gasteiger partial charge on any atom is -0.506 e. The molecule has 5 rings (SSSR count). The number of aromatic amines is 1. The Hall–Kier alpha value is -2.18. The van der Waals surface area contributed by atoms with Crippen LogP contribution in [-0.2, 0) is 12.8 Å². The van der Waals surface area contributed by atoms with Crippen LogP contribution in [-0.4, -0.2) is 15.1 Å². The highest BCUT2D eigenvalue weighted by Gasteiger charge is 2.32. The molecule has 4 heterocycles. The molecule has 0 aromatic carbocycles. The van der Waals surface area contributed by atoms with Gasteiger partial charge < -0.3 is 10.1 Å². The summed E-state index contributed by atoms with van der Waals surface area (Å²) in [7, 11) is 0. The fourth-order valence-corrected chi connectivity index (χ4v) is 6.26. The Bertz CT molecular complexity index is 1260. The zero-order chi connectivity index (χ0) is 19.6. The van der Waals surface area contributed by atoms with Crippen LogP contribution in [0.1, 0.15) is 38.4 Å². The SMILES string of the molecule is CC(C)(C)C1CCc2nc3sc4c(O)cc(=O)[nH]c4c3c(-c3cccs3)c2C1. The molecule has 0 aliphatic heterocycles. The van der Waals surface area contributed by atoms with E-state index in [0.29, 0.717) is 16.1 Å². The van der Waals surface area contributed by atoms with Gasteiger partial charge in [-0.05, 0) is 47.6 Å². The van der Waals surface area contributed by atoms with E-state index in [0.717, 1.165) is 29.5 Å². The lowest BCUT2D eigenvalue weighted by molar-refractivity contribution is 0.215. The van der Waals surface area contributed by atoms with Crippen LogP contribution in [0.3, 0.4) is 0 Å².